The third kappa shape index (κ3) is 2.89. The van der Waals surface area contributed by atoms with Crippen LogP contribution in [0.25, 0.3) is 0 Å². The van der Waals surface area contributed by atoms with Gasteiger partial charge in [-0.05, 0) is 38.3 Å². The predicted molar refractivity (Wildman–Crippen MR) is 75.0 cm³/mol. The quantitative estimate of drug-likeness (QED) is 0.758. The first-order chi connectivity index (χ1) is 9.27. The number of carbonyl (C=O) groups is 2. The number of pyridine rings is 1. The molecule has 3 N–H and O–H groups in total. The molecule has 1 rings (SSSR count). The van der Waals surface area contributed by atoms with E-state index in [9.17, 15) is 19.5 Å². The van der Waals surface area contributed by atoms with E-state index in [1.807, 2.05) is 0 Å². The molecule has 1 amide bonds. The standard InChI is InChI=1S/C14H20N2O4/c1-5-14(6-2,13(19)20)16-12(18)10-8(3)7-9(4)15-11(10)17/h7H,5-6H2,1-4H3,(H,15,17)(H,16,18)(H,19,20). The highest BCUT2D eigenvalue weighted by atomic mass is 16.4. The van der Waals surface area contributed by atoms with Crippen molar-refractivity contribution >= 4 is 11.9 Å². The number of aromatic amines is 1. The van der Waals surface area contributed by atoms with Gasteiger partial charge in [0.25, 0.3) is 11.5 Å². The molecule has 0 aliphatic rings. The lowest BCUT2D eigenvalue weighted by Crippen LogP contribution is -2.54. The van der Waals surface area contributed by atoms with Crippen molar-refractivity contribution in [1.29, 1.82) is 0 Å². The Morgan fingerprint density at radius 2 is 1.85 bits per heavy atom. The number of aliphatic carboxylic acids is 1. The molecule has 0 spiro atoms. The summed E-state index contributed by atoms with van der Waals surface area (Å²) in [6.45, 7) is 6.74. The van der Waals surface area contributed by atoms with Crippen LogP contribution < -0.4 is 10.9 Å². The van der Waals surface area contributed by atoms with Gasteiger partial charge in [0.05, 0.1) is 0 Å². The van der Waals surface area contributed by atoms with E-state index in [2.05, 4.69) is 10.3 Å². The maximum absolute atomic E-state index is 12.2. The summed E-state index contributed by atoms with van der Waals surface area (Å²) < 4.78 is 0. The van der Waals surface area contributed by atoms with Crippen LogP contribution in [0.1, 0.15) is 48.3 Å². The summed E-state index contributed by atoms with van der Waals surface area (Å²) in [4.78, 5) is 38.0. The Kier molecular flexibility index (Phi) is 4.70. The minimum atomic E-state index is -1.35. The van der Waals surface area contributed by atoms with Crippen molar-refractivity contribution in [2.24, 2.45) is 0 Å². The van der Waals surface area contributed by atoms with Gasteiger partial charge < -0.3 is 15.4 Å². The molecule has 0 unspecified atom stereocenters. The highest BCUT2D eigenvalue weighted by molar-refractivity contribution is 5.98. The molecule has 0 fully saturated rings. The summed E-state index contributed by atoms with van der Waals surface area (Å²) >= 11 is 0. The zero-order valence-electron chi connectivity index (χ0n) is 12.2. The van der Waals surface area contributed by atoms with Crippen molar-refractivity contribution in [2.45, 2.75) is 46.1 Å². The molecule has 0 aromatic carbocycles. The third-order valence-electron chi connectivity index (χ3n) is 3.56. The van der Waals surface area contributed by atoms with Crippen molar-refractivity contribution in [3.63, 3.8) is 0 Å². The molecular formula is C14H20N2O4. The lowest BCUT2D eigenvalue weighted by atomic mass is 9.92. The second kappa shape index (κ2) is 5.90. The number of hydrogen-bond acceptors (Lipinski definition) is 3. The van der Waals surface area contributed by atoms with Crippen LogP contribution in [0.15, 0.2) is 10.9 Å². The summed E-state index contributed by atoms with van der Waals surface area (Å²) in [5, 5.41) is 11.8. The molecule has 0 atom stereocenters. The minimum absolute atomic E-state index is 0.0388. The van der Waals surface area contributed by atoms with Gasteiger partial charge in [-0.3, -0.25) is 9.59 Å². The van der Waals surface area contributed by atoms with Crippen molar-refractivity contribution < 1.29 is 14.7 Å². The first kappa shape index (κ1) is 15.9. The molecule has 20 heavy (non-hydrogen) atoms. The van der Waals surface area contributed by atoms with Crippen LogP contribution in [0.2, 0.25) is 0 Å². The van der Waals surface area contributed by atoms with E-state index < -0.39 is 23.0 Å². The summed E-state index contributed by atoms with van der Waals surface area (Å²) in [6.07, 6.45) is 0.487. The number of H-pyrrole nitrogens is 1. The zero-order valence-corrected chi connectivity index (χ0v) is 12.2. The van der Waals surface area contributed by atoms with E-state index in [-0.39, 0.29) is 18.4 Å². The second-order valence-electron chi connectivity index (χ2n) is 4.89. The summed E-state index contributed by atoms with van der Waals surface area (Å²) in [5.74, 6) is -1.76. The zero-order chi connectivity index (χ0) is 15.5. The largest absolute Gasteiger partial charge is 0.480 e. The van der Waals surface area contributed by atoms with Gasteiger partial charge in [0, 0.05) is 5.69 Å². The van der Waals surface area contributed by atoms with Crippen molar-refractivity contribution in [3.05, 3.63) is 33.2 Å². The molecular weight excluding hydrogens is 260 g/mol. The average molecular weight is 280 g/mol. The number of hydrogen-bond donors (Lipinski definition) is 3. The van der Waals surface area contributed by atoms with Gasteiger partial charge >= 0.3 is 5.97 Å². The van der Waals surface area contributed by atoms with Gasteiger partial charge in [0.2, 0.25) is 0 Å². The molecule has 1 aromatic rings. The fourth-order valence-electron chi connectivity index (χ4n) is 2.20. The number of carboxylic acid groups (broad SMARTS) is 1. The van der Waals surface area contributed by atoms with E-state index in [1.54, 1.807) is 33.8 Å². The van der Waals surface area contributed by atoms with E-state index in [0.29, 0.717) is 11.3 Å². The Morgan fingerprint density at radius 1 is 1.30 bits per heavy atom. The van der Waals surface area contributed by atoms with Gasteiger partial charge in [0.1, 0.15) is 11.1 Å². The van der Waals surface area contributed by atoms with Gasteiger partial charge in [-0.15, -0.1) is 0 Å². The Hall–Kier alpha value is -2.11. The van der Waals surface area contributed by atoms with Crippen molar-refractivity contribution in [1.82, 2.24) is 10.3 Å². The molecule has 0 radical (unpaired) electrons. The number of carboxylic acids is 1. The molecule has 6 heteroatoms. The Bertz CT molecular complexity index is 585. The van der Waals surface area contributed by atoms with Gasteiger partial charge in [-0.2, -0.15) is 0 Å². The number of aromatic nitrogens is 1. The van der Waals surface area contributed by atoms with Crippen LogP contribution in [-0.2, 0) is 4.79 Å². The fraction of sp³-hybridized carbons (Fsp3) is 0.500. The number of carbonyl (C=O) groups excluding carboxylic acids is 1. The fourth-order valence-corrected chi connectivity index (χ4v) is 2.20. The number of amides is 1. The van der Waals surface area contributed by atoms with Crippen LogP contribution in [-0.4, -0.2) is 27.5 Å². The molecule has 1 heterocycles. The summed E-state index contributed by atoms with van der Waals surface area (Å²) in [5.41, 5.74) is -0.717. The average Bonchev–Trinajstić information content (AvgIpc) is 2.34. The number of rotatable bonds is 5. The van der Waals surface area contributed by atoms with Gasteiger partial charge in [-0.25, -0.2) is 4.79 Å². The third-order valence-corrected chi connectivity index (χ3v) is 3.56. The number of nitrogens with one attached hydrogen (secondary N) is 2. The maximum atomic E-state index is 12.2. The second-order valence-corrected chi connectivity index (χ2v) is 4.89. The van der Waals surface area contributed by atoms with Crippen LogP contribution in [0.5, 0.6) is 0 Å². The predicted octanol–water partition coefficient (Wildman–Crippen LogP) is 1.36. The summed E-state index contributed by atoms with van der Waals surface area (Å²) in [7, 11) is 0. The molecule has 0 aliphatic carbocycles. The van der Waals surface area contributed by atoms with Gasteiger partial charge in [0.15, 0.2) is 0 Å². The smallest absolute Gasteiger partial charge is 0.329 e. The Balaban J connectivity index is 3.20. The Labute approximate surface area is 117 Å². The van der Waals surface area contributed by atoms with E-state index in [1.165, 1.54) is 0 Å². The maximum Gasteiger partial charge on any atom is 0.329 e. The van der Waals surface area contributed by atoms with Crippen molar-refractivity contribution in [2.75, 3.05) is 0 Å². The highest BCUT2D eigenvalue weighted by Crippen LogP contribution is 2.16. The highest BCUT2D eigenvalue weighted by Gasteiger charge is 2.37. The van der Waals surface area contributed by atoms with Gasteiger partial charge in [-0.1, -0.05) is 13.8 Å². The topological polar surface area (TPSA) is 99.3 Å². The SMILES string of the molecule is CCC(CC)(NC(=O)c1c(C)cc(C)[nH]c1=O)C(=O)O. The molecule has 1 aromatic heterocycles. The van der Waals surface area contributed by atoms with E-state index >= 15 is 0 Å². The first-order valence-electron chi connectivity index (χ1n) is 6.53. The normalized spacial score (nSPS) is 11.2. The summed E-state index contributed by atoms with van der Waals surface area (Å²) in [6, 6.07) is 1.68. The van der Waals surface area contributed by atoms with Crippen LogP contribution in [0.4, 0.5) is 0 Å². The van der Waals surface area contributed by atoms with Crippen molar-refractivity contribution in [3.8, 4) is 0 Å². The first-order valence-corrected chi connectivity index (χ1v) is 6.53. The van der Waals surface area contributed by atoms with E-state index in [4.69, 9.17) is 0 Å². The molecule has 6 nitrogen and oxygen atoms in total. The van der Waals surface area contributed by atoms with Crippen LogP contribution in [0, 0.1) is 13.8 Å². The number of aryl methyl sites for hydroxylation is 2. The minimum Gasteiger partial charge on any atom is -0.480 e. The molecule has 0 saturated carbocycles. The van der Waals surface area contributed by atoms with Crippen LogP contribution >= 0.6 is 0 Å². The van der Waals surface area contributed by atoms with E-state index in [0.717, 1.165) is 0 Å². The molecule has 0 bridgehead atoms. The lowest BCUT2D eigenvalue weighted by Gasteiger charge is -2.28. The lowest BCUT2D eigenvalue weighted by molar-refractivity contribution is -0.144. The molecule has 0 saturated heterocycles. The monoisotopic (exact) mass is 280 g/mol. The molecule has 110 valence electrons. The Morgan fingerprint density at radius 3 is 2.25 bits per heavy atom. The van der Waals surface area contributed by atoms with Crippen LogP contribution in [0.3, 0.4) is 0 Å². The molecule has 0 aliphatic heterocycles.